The minimum Gasteiger partial charge on any atom is -0.396 e. The fourth-order valence-electron chi connectivity index (χ4n) is 2.08. The first-order valence-electron chi connectivity index (χ1n) is 6.78. The van der Waals surface area contributed by atoms with Gasteiger partial charge < -0.3 is 10.4 Å². The van der Waals surface area contributed by atoms with Crippen molar-refractivity contribution in [2.24, 2.45) is 0 Å². The number of carbonyl (C=O) groups excluding carboxylic acids is 1. The lowest BCUT2D eigenvalue weighted by atomic mass is 10.0. The number of rotatable bonds is 6. The molecule has 1 heterocycles. The van der Waals surface area contributed by atoms with Crippen LogP contribution in [-0.2, 0) is 0 Å². The third-order valence-electron chi connectivity index (χ3n) is 3.13. The second-order valence-corrected chi connectivity index (χ2v) is 5.61. The average Bonchev–Trinajstić information content (AvgIpc) is 2.52. The van der Waals surface area contributed by atoms with Crippen LogP contribution in [0.4, 0.5) is 0 Å². The summed E-state index contributed by atoms with van der Waals surface area (Å²) >= 11 is 3.31. The Morgan fingerprint density at radius 2 is 2.05 bits per heavy atom. The molecule has 0 radical (unpaired) electrons. The van der Waals surface area contributed by atoms with Crippen LogP contribution in [0.1, 0.15) is 34.8 Å². The van der Waals surface area contributed by atoms with Gasteiger partial charge in [-0.15, -0.1) is 0 Å². The number of hydrogen-bond donors (Lipinski definition) is 2. The highest BCUT2D eigenvalue weighted by molar-refractivity contribution is 9.10. The van der Waals surface area contributed by atoms with Gasteiger partial charge in [-0.05, 0) is 40.4 Å². The maximum absolute atomic E-state index is 12.3. The van der Waals surface area contributed by atoms with Gasteiger partial charge in [0.25, 0.3) is 5.91 Å². The standard InChI is InChI=1S/C16H17BrN2O2/c17-14-9-13(10-18-11-14)16(21)19-15(7-4-8-20)12-5-2-1-3-6-12/h1-3,5-6,9-11,15,20H,4,7-8H2,(H,19,21). The fraction of sp³-hybridized carbons (Fsp3) is 0.250. The zero-order chi connectivity index (χ0) is 15.1. The number of aliphatic hydroxyl groups excluding tert-OH is 1. The van der Waals surface area contributed by atoms with Crippen molar-refractivity contribution in [3.8, 4) is 0 Å². The van der Waals surface area contributed by atoms with Gasteiger partial charge >= 0.3 is 0 Å². The number of carbonyl (C=O) groups is 1. The lowest BCUT2D eigenvalue weighted by Gasteiger charge is -2.19. The van der Waals surface area contributed by atoms with Gasteiger partial charge in [-0.25, -0.2) is 0 Å². The highest BCUT2D eigenvalue weighted by atomic mass is 79.9. The number of hydrogen-bond acceptors (Lipinski definition) is 3. The number of benzene rings is 1. The Hall–Kier alpha value is -1.72. The quantitative estimate of drug-likeness (QED) is 0.843. The predicted octanol–water partition coefficient (Wildman–Crippen LogP) is 3.09. The monoisotopic (exact) mass is 348 g/mol. The number of pyridine rings is 1. The average molecular weight is 349 g/mol. The summed E-state index contributed by atoms with van der Waals surface area (Å²) < 4.78 is 0.766. The Morgan fingerprint density at radius 1 is 1.29 bits per heavy atom. The van der Waals surface area contributed by atoms with E-state index in [1.807, 2.05) is 30.3 Å². The lowest BCUT2D eigenvalue weighted by molar-refractivity contribution is 0.0932. The highest BCUT2D eigenvalue weighted by Crippen LogP contribution is 2.19. The molecule has 1 unspecified atom stereocenters. The van der Waals surface area contributed by atoms with E-state index in [1.165, 1.54) is 6.20 Å². The van der Waals surface area contributed by atoms with Crippen molar-refractivity contribution in [1.29, 1.82) is 0 Å². The first-order valence-corrected chi connectivity index (χ1v) is 7.57. The van der Waals surface area contributed by atoms with Crippen LogP contribution < -0.4 is 5.32 Å². The van der Waals surface area contributed by atoms with Crippen molar-refractivity contribution in [2.45, 2.75) is 18.9 Å². The number of amides is 1. The molecule has 1 aromatic carbocycles. The van der Waals surface area contributed by atoms with Crippen LogP contribution in [-0.4, -0.2) is 22.6 Å². The molecule has 4 nitrogen and oxygen atoms in total. The summed E-state index contributed by atoms with van der Waals surface area (Å²) in [5.41, 5.74) is 1.54. The van der Waals surface area contributed by atoms with E-state index in [0.29, 0.717) is 18.4 Å². The van der Waals surface area contributed by atoms with Gasteiger partial charge in [0.15, 0.2) is 0 Å². The number of nitrogens with zero attached hydrogens (tertiary/aromatic N) is 1. The van der Waals surface area contributed by atoms with Crippen LogP contribution in [0.5, 0.6) is 0 Å². The van der Waals surface area contributed by atoms with E-state index in [4.69, 9.17) is 5.11 Å². The number of nitrogens with one attached hydrogen (secondary N) is 1. The van der Waals surface area contributed by atoms with E-state index in [0.717, 1.165) is 10.0 Å². The van der Waals surface area contributed by atoms with Crippen molar-refractivity contribution in [2.75, 3.05) is 6.61 Å². The van der Waals surface area contributed by atoms with Gasteiger partial charge in [0.2, 0.25) is 0 Å². The second-order valence-electron chi connectivity index (χ2n) is 4.69. The smallest absolute Gasteiger partial charge is 0.253 e. The van der Waals surface area contributed by atoms with Gasteiger partial charge in [-0.1, -0.05) is 30.3 Å². The normalized spacial score (nSPS) is 11.9. The molecule has 0 bridgehead atoms. The maximum Gasteiger partial charge on any atom is 0.253 e. The molecule has 0 fully saturated rings. The molecular formula is C16H17BrN2O2. The Bertz CT molecular complexity index is 590. The predicted molar refractivity (Wildman–Crippen MR) is 84.9 cm³/mol. The minimum atomic E-state index is -0.171. The zero-order valence-electron chi connectivity index (χ0n) is 11.5. The largest absolute Gasteiger partial charge is 0.396 e. The van der Waals surface area contributed by atoms with Crippen molar-refractivity contribution >= 4 is 21.8 Å². The van der Waals surface area contributed by atoms with E-state index in [2.05, 4.69) is 26.2 Å². The molecule has 1 aromatic heterocycles. The Balaban J connectivity index is 2.13. The van der Waals surface area contributed by atoms with Gasteiger partial charge in [0.05, 0.1) is 11.6 Å². The summed E-state index contributed by atoms with van der Waals surface area (Å²) in [6.07, 6.45) is 4.50. The molecular weight excluding hydrogens is 332 g/mol. The third-order valence-corrected chi connectivity index (χ3v) is 3.56. The van der Waals surface area contributed by atoms with Gasteiger partial charge in [-0.3, -0.25) is 9.78 Å². The topological polar surface area (TPSA) is 62.2 Å². The van der Waals surface area contributed by atoms with Crippen LogP contribution in [0.3, 0.4) is 0 Å². The summed E-state index contributed by atoms with van der Waals surface area (Å²) in [6, 6.07) is 11.4. The molecule has 0 spiro atoms. The van der Waals surface area contributed by atoms with Gasteiger partial charge in [-0.2, -0.15) is 0 Å². The summed E-state index contributed by atoms with van der Waals surface area (Å²) in [5.74, 6) is -0.171. The molecule has 2 rings (SSSR count). The van der Waals surface area contributed by atoms with Crippen LogP contribution in [0.2, 0.25) is 0 Å². The summed E-state index contributed by atoms with van der Waals surface area (Å²) in [4.78, 5) is 16.3. The third kappa shape index (κ3) is 4.65. The Morgan fingerprint density at radius 3 is 2.71 bits per heavy atom. The Labute approximate surface area is 132 Å². The number of halogens is 1. The molecule has 0 aliphatic carbocycles. The molecule has 0 saturated carbocycles. The molecule has 0 aliphatic heterocycles. The molecule has 2 N–H and O–H groups in total. The summed E-state index contributed by atoms with van der Waals surface area (Å²) in [5, 5.41) is 12.0. The van der Waals surface area contributed by atoms with Crippen molar-refractivity contribution < 1.29 is 9.90 Å². The molecule has 21 heavy (non-hydrogen) atoms. The zero-order valence-corrected chi connectivity index (χ0v) is 13.1. The molecule has 110 valence electrons. The SMILES string of the molecule is O=C(NC(CCCO)c1ccccc1)c1cncc(Br)c1. The molecule has 0 saturated heterocycles. The van der Waals surface area contributed by atoms with E-state index >= 15 is 0 Å². The first kappa shape index (κ1) is 15.7. The first-order chi connectivity index (χ1) is 10.2. The summed E-state index contributed by atoms with van der Waals surface area (Å²) in [7, 11) is 0. The van der Waals surface area contributed by atoms with E-state index < -0.39 is 0 Å². The minimum absolute atomic E-state index is 0.109. The van der Waals surface area contributed by atoms with E-state index in [1.54, 1.807) is 12.3 Å². The number of aromatic nitrogens is 1. The number of aliphatic hydroxyl groups is 1. The van der Waals surface area contributed by atoms with Gasteiger partial charge in [0, 0.05) is 23.5 Å². The lowest BCUT2D eigenvalue weighted by Crippen LogP contribution is -2.28. The molecule has 1 amide bonds. The van der Waals surface area contributed by atoms with Crippen LogP contribution >= 0.6 is 15.9 Å². The molecule has 1 atom stereocenters. The molecule has 0 aliphatic rings. The van der Waals surface area contributed by atoms with E-state index in [9.17, 15) is 4.79 Å². The van der Waals surface area contributed by atoms with Crippen LogP contribution in [0.25, 0.3) is 0 Å². The van der Waals surface area contributed by atoms with Crippen molar-refractivity contribution in [3.63, 3.8) is 0 Å². The summed E-state index contributed by atoms with van der Waals surface area (Å²) in [6.45, 7) is 0.109. The molecule has 2 aromatic rings. The molecule has 5 heteroatoms. The maximum atomic E-state index is 12.3. The fourth-order valence-corrected chi connectivity index (χ4v) is 2.45. The van der Waals surface area contributed by atoms with Crippen LogP contribution in [0, 0.1) is 0 Å². The van der Waals surface area contributed by atoms with Crippen molar-refractivity contribution in [3.05, 3.63) is 64.4 Å². The van der Waals surface area contributed by atoms with Gasteiger partial charge in [0.1, 0.15) is 0 Å². The van der Waals surface area contributed by atoms with E-state index in [-0.39, 0.29) is 18.6 Å². The Kier molecular flexibility index (Phi) is 5.90. The van der Waals surface area contributed by atoms with Crippen molar-refractivity contribution in [1.82, 2.24) is 10.3 Å². The van der Waals surface area contributed by atoms with Crippen LogP contribution in [0.15, 0.2) is 53.3 Å². The second kappa shape index (κ2) is 7.90. The highest BCUT2D eigenvalue weighted by Gasteiger charge is 2.15.